The minimum absolute atomic E-state index is 0.748. The summed E-state index contributed by atoms with van der Waals surface area (Å²) in [5.74, 6) is 0. The molecule has 0 spiro atoms. The van der Waals surface area contributed by atoms with Gasteiger partial charge < -0.3 is 16.5 Å². The first-order valence-electron chi connectivity index (χ1n) is 6.14. The molecule has 0 saturated carbocycles. The number of aromatic nitrogens is 1. The molecule has 3 heteroatoms. The molecular formula is C16H15N3. The maximum absolute atomic E-state index is 6.14. The summed E-state index contributed by atoms with van der Waals surface area (Å²) in [6, 6.07) is 17.7. The first-order chi connectivity index (χ1) is 9.25. The maximum atomic E-state index is 6.14. The molecule has 0 aliphatic rings. The molecule has 94 valence electrons. The average molecular weight is 249 g/mol. The Balaban J connectivity index is 2.25. The monoisotopic (exact) mass is 249 g/mol. The van der Waals surface area contributed by atoms with Crippen LogP contribution in [0.3, 0.4) is 0 Å². The lowest BCUT2D eigenvalue weighted by Crippen LogP contribution is -1.94. The van der Waals surface area contributed by atoms with E-state index in [-0.39, 0.29) is 0 Å². The third-order valence-electron chi connectivity index (χ3n) is 3.16. The molecule has 0 aliphatic heterocycles. The summed E-state index contributed by atoms with van der Waals surface area (Å²) >= 11 is 0. The first-order valence-corrected chi connectivity index (χ1v) is 6.14. The van der Waals surface area contributed by atoms with Crippen LogP contribution < -0.4 is 11.5 Å². The number of aromatic amines is 1. The molecule has 0 saturated heterocycles. The molecular weight excluding hydrogens is 234 g/mol. The number of rotatable bonds is 2. The number of nitrogen functional groups attached to an aromatic ring is 2. The molecule has 1 aromatic heterocycles. The number of benzene rings is 2. The Bertz CT molecular complexity index is 700. The minimum Gasteiger partial charge on any atom is -0.399 e. The van der Waals surface area contributed by atoms with E-state index in [0.717, 1.165) is 33.8 Å². The Hall–Kier alpha value is -2.68. The molecule has 0 amide bonds. The van der Waals surface area contributed by atoms with E-state index < -0.39 is 0 Å². The van der Waals surface area contributed by atoms with Crippen molar-refractivity contribution in [1.29, 1.82) is 0 Å². The number of hydrogen-bond acceptors (Lipinski definition) is 2. The molecule has 3 rings (SSSR count). The third kappa shape index (κ3) is 2.06. The number of H-pyrrole nitrogens is 1. The molecule has 0 bridgehead atoms. The fourth-order valence-electron chi connectivity index (χ4n) is 2.30. The van der Waals surface area contributed by atoms with Crippen molar-refractivity contribution < 1.29 is 0 Å². The SMILES string of the molecule is Nc1cccc(-c2cccc(N)c2-c2ccc[nH]2)c1. The van der Waals surface area contributed by atoms with Crippen LogP contribution in [-0.2, 0) is 0 Å². The summed E-state index contributed by atoms with van der Waals surface area (Å²) in [6.45, 7) is 0. The van der Waals surface area contributed by atoms with E-state index in [2.05, 4.69) is 11.1 Å². The van der Waals surface area contributed by atoms with Crippen molar-refractivity contribution in [3.63, 3.8) is 0 Å². The largest absolute Gasteiger partial charge is 0.399 e. The molecule has 0 radical (unpaired) electrons. The third-order valence-corrected chi connectivity index (χ3v) is 3.16. The van der Waals surface area contributed by atoms with Gasteiger partial charge in [-0.1, -0.05) is 24.3 Å². The second-order valence-electron chi connectivity index (χ2n) is 4.48. The number of nitrogens with one attached hydrogen (secondary N) is 1. The molecule has 0 unspecified atom stereocenters. The summed E-state index contributed by atoms with van der Waals surface area (Å²) < 4.78 is 0. The predicted molar refractivity (Wildman–Crippen MR) is 80.5 cm³/mol. The number of hydrogen-bond donors (Lipinski definition) is 3. The molecule has 3 nitrogen and oxygen atoms in total. The molecule has 3 aromatic rings. The fraction of sp³-hybridized carbons (Fsp3) is 0. The lowest BCUT2D eigenvalue weighted by atomic mass is 9.96. The highest BCUT2D eigenvalue weighted by Gasteiger charge is 2.11. The summed E-state index contributed by atoms with van der Waals surface area (Å²) in [5, 5.41) is 0. The Morgan fingerprint density at radius 3 is 2.42 bits per heavy atom. The Morgan fingerprint density at radius 2 is 1.68 bits per heavy atom. The highest BCUT2D eigenvalue weighted by molar-refractivity contribution is 5.90. The maximum Gasteiger partial charge on any atom is 0.0481 e. The van der Waals surface area contributed by atoms with Crippen molar-refractivity contribution in [2.75, 3.05) is 11.5 Å². The van der Waals surface area contributed by atoms with Crippen LogP contribution in [0.25, 0.3) is 22.4 Å². The lowest BCUT2D eigenvalue weighted by Gasteiger charge is -2.12. The lowest BCUT2D eigenvalue weighted by molar-refractivity contribution is 1.40. The molecule has 0 atom stereocenters. The molecule has 5 N–H and O–H groups in total. The Kier molecular flexibility index (Phi) is 2.72. The van der Waals surface area contributed by atoms with Crippen LogP contribution in [0.4, 0.5) is 11.4 Å². The van der Waals surface area contributed by atoms with Crippen LogP contribution in [0.15, 0.2) is 60.8 Å². The van der Waals surface area contributed by atoms with Crippen molar-refractivity contribution in [2.45, 2.75) is 0 Å². The van der Waals surface area contributed by atoms with Crippen LogP contribution >= 0.6 is 0 Å². The van der Waals surface area contributed by atoms with Gasteiger partial charge in [0.25, 0.3) is 0 Å². The van der Waals surface area contributed by atoms with Gasteiger partial charge in [-0.3, -0.25) is 0 Å². The molecule has 1 heterocycles. The smallest absolute Gasteiger partial charge is 0.0481 e. The van der Waals surface area contributed by atoms with Crippen LogP contribution in [-0.4, -0.2) is 4.98 Å². The van der Waals surface area contributed by atoms with Crippen molar-refractivity contribution in [1.82, 2.24) is 4.98 Å². The van der Waals surface area contributed by atoms with E-state index in [4.69, 9.17) is 11.5 Å². The van der Waals surface area contributed by atoms with Crippen molar-refractivity contribution in [3.8, 4) is 22.4 Å². The zero-order chi connectivity index (χ0) is 13.2. The van der Waals surface area contributed by atoms with E-state index in [9.17, 15) is 0 Å². The highest BCUT2D eigenvalue weighted by Crippen LogP contribution is 2.36. The summed E-state index contributed by atoms with van der Waals surface area (Å²) in [4.78, 5) is 3.21. The van der Waals surface area contributed by atoms with Gasteiger partial charge in [0.15, 0.2) is 0 Å². The van der Waals surface area contributed by atoms with E-state index >= 15 is 0 Å². The zero-order valence-corrected chi connectivity index (χ0v) is 10.4. The van der Waals surface area contributed by atoms with Crippen LogP contribution in [0.2, 0.25) is 0 Å². The zero-order valence-electron chi connectivity index (χ0n) is 10.4. The van der Waals surface area contributed by atoms with Gasteiger partial charge in [0.05, 0.1) is 0 Å². The summed E-state index contributed by atoms with van der Waals surface area (Å²) in [6.07, 6.45) is 1.89. The molecule has 2 aromatic carbocycles. The van der Waals surface area contributed by atoms with Gasteiger partial charge in [-0.15, -0.1) is 0 Å². The number of anilines is 2. The normalized spacial score (nSPS) is 10.5. The molecule has 0 aliphatic carbocycles. The quantitative estimate of drug-likeness (QED) is 0.608. The van der Waals surface area contributed by atoms with Crippen LogP contribution in [0.1, 0.15) is 0 Å². The molecule has 0 fully saturated rings. The average Bonchev–Trinajstić information content (AvgIpc) is 2.92. The van der Waals surface area contributed by atoms with Gasteiger partial charge >= 0.3 is 0 Å². The van der Waals surface area contributed by atoms with E-state index in [1.165, 1.54) is 0 Å². The Labute approximate surface area is 111 Å². The Morgan fingerprint density at radius 1 is 0.842 bits per heavy atom. The fourth-order valence-corrected chi connectivity index (χ4v) is 2.30. The first kappa shape index (κ1) is 11.4. The second kappa shape index (κ2) is 4.53. The standard InChI is InChI=1S/C16H15N3/c17-12-5-1-4-11(10-12)13-6-2-7-14(18)16(13)15-8-3-9-19-15/h1-10,19H,17-18H2. The van der Waals surface area contributed by atoms with Gasteiger partial charge in [-0.25, -0.2) is 0 Å². The van der Waals surface area contributed by atoms with Gasteiger partial charge in [0.1, 0.15) is 0 Å². The van der Waals surface area contributed by atoms with E-state index in [0.29, 0.717) is 0 Å². The predicted octanol–water partition coefficient (Wildman–Crippen LogP) is 3.51. The van der Waals surface area contributed by atoms with Crippen molar-refractivity contribution in [2.24, 2.45) is 0 Å². The van der Waals surface area contributed by atoms with Gasteiger partial charge in [-0.05, 0) is 41.5 Å². The van der Waals surface area contributed by atoms with Gasteiger partial charge in [-0.2, -0.15) is 0 Å². The van der Waals surface area contributed by atoms with E-state index in [1.807, 2.05) is 54.7 Å². The summed E-state index contributed by atoms with van der Waals surface area (Å²) in [7, 11) is 0. The summed E-state index contributed by atoms with van der Waals surface area (Å²) in [5.41, 5.74) is 17.7. The van der Waals surface area contributed by atoms with Crippen molar-refractivity contribution in [3.05, 3.63) is 60.8 Å². The second-order valence-corrected chi connectivity index (χ2v) is 4.48. The van der Waals surface area contributed by atoms with Crippen LogP contribution in [0, 0.1) is 0 Å². The minimum atomic E-state index is 0.748. The van der Waals surface area contributed by atoms with Gasteiger partial charge in [0, 0.05) is 28.8 Å². The van der Waals surface area contributed by atoms with Crippen molar-refractivity contribution >= 4 is 11.4 Å². The highest BCUT2D eigenvalue weighted by atomic mass is 14.7. The topological polar surface area (TPSA) is 67.8 Å². The molecule has 19 heavy (non-hydrogen) atoms. The van der Waals surface area contributed by atoms with Gasteiger partial charge in [0.2, 0.25) is 0 Å². The van der Waals surface area contributed by atoms with Crippen LogP contribution in [0.5, 0.6) is 0 Å². The number of nitrogens with two attached hydrogens (primary N) is 2. The van der Waals surface area contributed by atoms with E-state index in [1.54, 1.807) is 0 Å².